The topological polar surface area (TPSA) is 78.4 Å². The molecule has 6 nitrogen and oxygen atoms in total. The van der Waals surface area contributed by atoms with E-state index in [0.717, 1.165) is 10.3 Å². The summed E-state index contributed by atoms with van der Waals surface area (Å²) in [6.45, 7) is -0.103. The van der Waals surface area contributed by atoms with Crippen LogP contribution < -0.4 is 0 Å². The van der Waals surface area contributed by atoms with Gasteiger partial charge in [-0.25, -0.2) is 4.79 Å². The number of aromatic nitrogens is 2. The molecular weight excluding hydrogens is 316 g/mol. The lowest BCUT2D eigenvalue weighted by atomic mass is 10.2. The van der Waals surface area contributed by atoms with Crippen molar-refractivity contribution in [3.63, 3.8) is 0 Å². The third-order valence-corrected chi connectivity index (χ3v) is 4.03. The first kappa shape index (κ1) is 13.7. The minimum absolute atomic E-state index is 0.103. The van der Waals surface area contributed by atoms with Gasteiger partial charge in [-0.05, 0) is 23.6 Å². The summed E-state index contributed by atoms with van der Waals surface area (Å²) in [6, 6.07) is 12.8. The summed E-state index contributed by atoms with van der Waals surface area (Å²) in [5, 5.41) is 6.62. The molecule has 0 aliphatic heterocycles. The van der Waals surface area contributed by atoms with Gasteiger partial charge in [0, 0.05) is 5.39 Å². The first-order valence-electron chi connectivity index (χ1n) is 6.82. The maximum Gasteiger partial charge on any atom is 0.374 e. The molecular formula is C16H10N2O4S. The molecule has 0 saturated carbocycles. The lowest BCUT2D eigenvalue weighted by Crippen LogP contribution is -2.04. The maximum atomic E-state index is 12.0. The molecule has 23 heavy (non-hydrogen) atoms. The zero-order chi connectivity index (χ0) is 15.6. The minimum atomic E-state index is -0.572. The number of carbonyl (C=O) groups is 1. The van der Waals surface area contributed by atoms with Crippen molar-refractivity contribution < 1.29 is 18.5 Å². The van der Waals surface area contributed by atoms with Crippen molar-refractivity contribution in [2.45, 2.75) is 6.61 Å². The van der Waals surface area contributed by atoms with Crippen LogP contribution in [0, 0.1) is 0 Å². The van der Waals surface area contributed by atoms with E-state index in [1.165, 1.54) is 11.3 Å². The number of hydrogen-bond acceptors (Lipinski definition) is 7. The van der Waals surface area contributed by atoms with Crippen LogP contribution in [0.1, 0.15) is 16.4 Å². The SMILES string of the molecule is O=C(OCc1nc(-c2cccs2)no1)c1cc2ccccc2o1. The molecule has 0 spiro atoms. The van der Waals surface area contributed by atoms with Crippen LogP contribution in [0.15, 0.2) is 56.8 Å². The summed E-state index contributed by atoms with van der Waals surface area (Å²) < 4.78 is 15.7. The summed E-state index contributed by atoms with van der Waals surface area (Å²) in [5.74, 6) is 0.286. The van der Waals surface area contributed by atoms with E-state index in [-0.39, 0.29) is 18.3 Å². The van der Waals surface area contributed by atoms with Crippen LogP contribution in [0.5, 0.6) is 0 Å². The van der Waals surface area contributed by atoms with Crippen LogP contribution in [0.4, 0.5) is 0 Å². The fourth-order valence-electron chi connectivity index (χ4n) is 2.10. The van der Waals surface area contributed by atoms with E-state index < -0.39 is 5.97 Å². The summed E-state index contributed by atoms with van der Waals surface area (Å²) in [4.78, 5) is 17.1. The summed E-state index contributed by atoms with van der Waals surface area (Å²) >= 11 is 1.51. The normalized spacial score (nSPS) is 11.0. The van der Waals surface area contributed by atoms with Crippen LogP contribution in [-0.4, -0.2) is 16.1 Å². The van der Waals surface area contributed by atoms with Gasteiger partial charge in [-0.3, -0.25) is 0 Å². The molecule has 114 valence electrons. The second kappa shape index (κ2) is 5.69. The monoisotopic (exact) mass is 326 g/mol. The highest BCUT2D eigenvalue weighted by atomic mass is 32.1. The zero-order valence-electron chi connectivity index (χ0n) is 11.8. The number of ether oxygens (including phenoxy) is 1. The van der Waals surface area contributed by atoms with Gasteiger partial charge in [0.2, 0.25) is 11.6 Å². The molecule has 0 fully saturated rings. The molecule has 3 aromatic heterocycles. The van der Waals surface area contributed by atoms with Crippen molar-refractivity contribution in [3.8, 4) is 10.7 Å². The van der Waals surface area contributed by atoms with Gasteiger partial charge in [-0.2, -0.15) is 4.98 Å². The standard InChI is InChI=1S/C16H10N2O4S/c19-16(12-8-10-4-1-2-5-11(10)21-12)20-9-14-17-15(18-22-14)13-6-3-7-23-13/h1-8H,9H2. The number of fused-ring (bicyclic) bond motifs is 1. The van der Waals surface area contributed by atoms with Crippen molar-refractivity contribution in [2.75, 3.05) is 0 Å². The summed E-state index contributed by atoms with van der Waals surface area (Å²) in [5.41, 5.74) is 0.636. The van der Waals surface area contributed by atoms with Crippen molar-refractivity contribution in [2.24, 2.45) is 0 Å². The first-order chi connectivity index (χ1) is 11.3. The largest absolute Gasteiger partial charge is 0.450 e. The molecule has 0 saturated heterocycles. The van der Waals surface area contributed by atoms with Gasteiger partial charge in [0.05, 0.1) is 4.88 Å². The summed E-state index contributed by atoms with van der Waals surface area (Å²) in [7, 11) is 0. The second-order valence-corrected chi connectivity index (χ2v) is 5.66. The van der Waals surface area contributed by atoms with E-state index >= 15 is 0 Å². The van der Waals surface area contributed by atoms with Crippen molar-refractivity contribution >= 4 is 28.3 Å². The molecule has 0 unspecified atom stereocenters. The maximum absolute atomic E-state index is 12.0. The van der Waals surface area contributed by atoms with E-state index in [2.05, 4.69) is 10.1 Å². The number of para-hydroxylation sites is 1. The average Bonchev–Trinajstić information content (AvgIpc) is 3.31. The highest BCUT2D eigenvalue weighted by Gasteiger charge is 2.16. The van der Waals surface area contributed by atoms with Crippen LogP contribution >= 0.6 is 11.3 Å². The Bertz CT molecular complexity index is 922. The molecule has 0 amide bonds. The molecule has 0 radical (unpaired) electrons. The highest BCUT2D eigenvalue weighted by Crippen LogP contribution is 2.22. The van der Waals surface area contributed by atoms with E-state index in [4.69, 9.17) is 13.7 Å². The lowest BCUT2D eigenvalue weighted by Gasteiger charge is -1.97. The molecule has 0 aliphatic carbocycles. The van der Waals surface area contributed by atoms with E-state index in [1.807, 2.05) is 35.7 Å². The van der Waals surface area contributed by atoms with Crippen LogP contribution in [0.2, 0.25) is 0 Å². The number of benzene rings is 1. The number of nitrogens with zero attached hydrogens (tertiary/aromatic N) is 2. The Morgan fingerprint density at radius 1 is 1.22 bits per heavy atom. The second-order valence-electron chi connectivity index (χ2n) is 4.71. The number of thiophene rings is 1. The molecule has 0 bridgehead atoms. The van der Waals surface area contributed by atoms with Gasteiger partial charge in [-0.1, -0.05) is 29.4 Å². The Balaban J connectivity index is 1.45. The van der Waals surface area contributed by atoms with E-state index in [1.54, 1.807) is 12.1 Å². The Labute approximate surface area is 134 Å². The molecule has 4 aromatic rings. The van der Waals surface area contributed by atoms with Crippen LogP contribution in [-0.2, 0) is 11.3 Å². The minimum Gasteiger partial charge on any atom is -0.450 e. The molecule has 0 aliphatic rings. The number of esters is 1. The number of furan rings is 1. The van der Waals surface area contributed by atoms with Gasteiger partial charge in [0.25, 0.3) is 5.89 Å². The van der Waals surface area contributed by atoms with Crippen molar-refractivity contribution in [3.05, 3.63) is 59.5 Å². The number of hydrogen-bond donors (Lipinski definition) is 0. The number of rotatable bonds is 4. The van der Waals surface area contributed by atoms with Gasteiger partial charge in [-0.15, -0.1) is 11.3 Å². The predicted octanol–water partition coefficient (Wildman–Crippen LogP) is 3.90. The van der Waals surface area contributed by atoms with Gasteiger partial charge in [0.1, 0.15) is 5.58 Å². The smallest absolute Gasteiger partial charge is 0.374 e. The zero-order valence-corrected chi connectivity index (χ0v) is 12.6. The van der Waals surface area contributed by atoms with Gasteiger partial charge in [0.15, 0.2) is 6.61 Å². The highest BCUT2D eigenvalue weighted by molar-refractivity contribution is 7.13. The average molecular weight is 326 g/mol. The quantitative estimate of drug-likeness (QED) is 0.529. The molecule has 3 heterocycles. The third kappa shape index (κ3) is 2.74. The fourth-order valence-corrected chi connectivity index (χ4v) is 2.75. The molecule has 4 rings (SSSR count). The predicted molar refractivity (Wildman–Crippen MR) is 82.9 cm³/mol. The molecule has 7 heteroatoms. The number of carbonyl (C=O) groups excluding carboxylic acids is 1. The van der Waals surface area contributed by atoms with Crippen molar-refractivity contribution in [1.29, 1.82) is 0 Å². The molecule has 1 aromatic carbocycles. The Morgan fingerprint density at radius 3 is 2.96 bits per heavy atom. The Hall–Kier alpha value is -2.93. The fraction of sp³-hybridized carbons (Fsp3) is 0.0625. The van der Waals surface area contributed by atoms with Crippen LogP contribution in [0.25, 0.3) is 21.7 Å². The van der Waals surface area contributed by atoms with E-state index in [0.29, 0.717) is 11.4 Å². The Morgan fingerprint density at radius 2 is 2.13 bits per heavy atom. The van der Waals surface area contributed by atoms with Crippen molar-refractivity contribution in [1.82, 2.24) is 10.1 Å². The third-order valence-electron chi connectivity index (χ3n) is 3.16. The van der Waals surface area contributed by atoms with E-state index in [9.17, 15) is 4.79 Å². The first-order valence-corrected chi connectivity index (χ1v) is 7.70. The van der Waals surface area contributed by atoms with Crippen LogP contribution in [0.3, 0.4) is 0 Å². The lowest BCUT2D eigenvalue weighted by molar-refractivity contribution is 0.0396. The summed E-state index contributed by atoms with van der Waals surface area (Å²) in [6.07, 6.45) is 0. The molecule has 0 atom stereocenters. The van der Waals surface area contributed by atoms with Gasteiger partial charge >= 0.3 is 5.97 Å². The van der Waals surface area contributed by atoms with Gasteiger partial charge < -0.3 is 13.7 Å². The Kier molecular flexibility index (Phi) is 3.39. The molecule has 0 N–H and O–H groups in total.